The number of hydrogen-bond donors (Lipinski definition) is 3. The number of anilines is 1. The normalized spacial score (nSPS) is 11.3. The molecule has 3 amide bonds. The van der Waals surface area contributed by atoms with Crippen molar-refractivity contribution in [3.05, 3.63) is 83.9 Å². The minimum atomic E-state index is -0.895. The number of amides is 3. The van der Waals surface area contributed by atoms with Crippen LogP contribution in [-0.2, 0) is 14.4 Å². The van der Waals surface area contributed by atoms with Gasteiger partial charge in [-0.3, -0.25) is 14.4 Å². The third kappa shape index (κ3) is 8.10. The van der Waals surface area contributed by atoms with Gasteiger partial charge in [-0.05, 0) is 48.4 Å². The number of methoxy groups -OCH3 is 2. The lowest BCUT2D eigenvalue weighted by Crippen LogP contribution is -2.39. The van der Waals surface area contributed by atoms with Gasteiger partial charge in [-0.2, -0.15) is 5.10 Å². The molecule has 0 aliphatic heterocycles. The maximum absolute atomic E-state index is 12.2. The van der Waals surface area contributed by atoms with Gasteiger partial charge in [0.1, 0.15) is 5.75 Å². The van der Waals surface area contributed by atoms with E-state index in [9.17, 15) is 14.4 Å². The number of rotatable bonds is 10. The summed E-state index contributed by atoms with van der Waals surface area (Å²) in [4.78, 5) is 36.4. The number of hydrogen-bond acceptors (Lipinski definition) is 7. The number of benzene rings is 3. The highest BCUT2D eigenvalue weighted by Crippen LogP contribution is 2.27. The molecular formula is C27H28N4O6. The van der Waals surface area contributed by atoms with Crippen molar-refractivity contribution < 1.29 is 28.6 Å². The molecule has 192 valence electrons. The molecule has 0 aliphatic carbocycles. The van der Waals surface area contributed by atoms with Crippen molar-refractivity contribution in [2.24, 2.45) is 5.10 Å². The van der Waals surface area contributed by atoms with Crippen molar-refractivity contribution in [2.45, 2.75) is 13.0 Å². The highest BCUT2D eigenvalue weighted by Gasteiger charge is 2.16. The Balaban J connectivity index is 1.51. The van der Waals surface area contributed by atoms with E-state index in [1.807, 2.05) is 30.3 Å². The third-order valence-electron chi connectivity index (χ3n) is 5.13. The Morgan fingerprint density at radius 3 is 2.41 bits per heavy atom. The van der Waals surface area contributed by atoms with E-state index in [0.717, 1.165) is 5.56 Å². The van der Waals surface area contributed by atoms with Crippen LogP contribution in [0.2, 0.25) is 0 Å². The number of carbonyl (C=O) groups excluding carboxylic acids is 3. The third-order valence-corrected chi connectivity index (χ3v) is 5.13. The van der Waals surface area contributed by atoms with E-state index in [1.165, 1.54) is 13.3 Å². The lowest BCUT2D eigenvalue weighted by atomic mass is 10.1. The number of hydrazone groups is 1. The molecule has 0 heterocycles. The summed E-state index contributed by atoms with van der Waals surface area (Å²) in [6.07, 6.45) is 1.35. The first-order chi connectivity index (χ1) is 17.9. The molecule has 3 aromatic carbocycles. The van der Waals surface area contributed by atoms with E-state index in [0.29, 0.717) is 28.5 Å². The molecule has 0 radical (unpaired) electrons. The molecule has 1 atom stereocenters. The van der Waals surface area contributed by atoms with E-state index < -0.39 is 11.8 Å². The summed E-state index contributed by atoms with van der Waals surface area (Å²) in [5.41, 5.74) is 4.22. The Morgan fingerprint density at radius 2 is 1.68 bits per heavy atom. The van der Waals surface area contributed by atoms with Gasteiger partial charge in [0.25, 0.3) is 5.91 Å². The van der Waals surface area contributed by atoms with Gasteiger partial charge in [0.05, 0.1) is 26.5 Å². The summed E-state index contributed by atoms with van der Waals surface area (Å²) in [5.74, 6) is -0.729. The van der Waals surface area contributed by atoms with E-state index in [2.05, 4.69) is 21.2 Å². The average Bonchev–Trinajstić information content (AvgIpc) is 2.92. The van der Waals surface area contributed by atoms with Crippen molar-refractivity contribution in [1.82, 2.24) is 10.7 Å². The maximum atomic E-state index is 12.2. The lowest BCUT2D eigenvalue weighted by molar-refractivity contribution is -0.139. The van der Waals surface area contributed by atoms with Crippen LogP contribution in [0.5, 0.6) is 17.2 Å². The van der Waals surface area contributed by atoms with Crippen molar-refractivity contribution in [3.63, 3.8) is 0 Å². The van der Waals surface area contributed by atoms with Crippen LogP contribution in [0.4, 0.5) is 5.69 Å². The molecule has 10 heteroatoms. The maximum Gasteiger partial charge on any atom is 0.329 e. The molecule has 3 N–H and O–H groups in total. The number of ether oxygens (including phenoxy) is 3. The van der Waals surface area contributed by atoms with Crippen molar-refractivity contribution in [1.29, 1.82) is 0 Å². The Bertz CT molecular complexity index is 1260. The SMILES string of the molecule is COc1cccc(NC(=O)COc2ccc(C=NNC(=O)C(=O)NC(C)c3ccccc3)cc2OC)c1. The minimum Gasteiger partial charge on any atom is -0.497 e. The van der Waals surface area contributed by atoms with Crippen LogP contribution in [0.1, 0.15) is 24.1 Å². The molecule has 3 rings (SSSR count). The zero-order valence-electron chi connectivity index (χ0n) is 20.7. The fourth-order valence-corrected chi connectivity index (χ4v) is 3.23. The number of carbonyl (C=O) groups is 3. The summed E-state index contributed by atoms with van der Waals surface area (Å²) in [6, 6.07) is 20.8. The molecule has 0 spiro atoms. The van der Waals surface area contributed by atoms with Gasteiger partial charge in [-0.1, -0.05) is 36.4 Å². The smallest absolute Gasteiger partial charge is 0.329 e. The average molecular weight is 505 g/mol. The van der Waals surface area contributed by atoms with Gasteiger partial charge in [-0.15, -0.1) is 0 Å². The zero-order chi connectivity index (χ0) is 26.6. The van der Waals surface area contributed by atoms with Crippen molar-refractivity contribution >= 4 is 29.6 Å². The molecule has 0 aromatic heterocycles. The van der Waals surface area contributed by atoms with Gasteiger partial charge >= 0.3 is 11.8 Å². The predicted octanol–water partition coefficient (Wildman–Crippen LogP) is 3.05. The molecule has 0 aliphatic rings. The van der Waals surface area contributed by atoms with Crippen LogP contribution in [0.25, 0.3) is 0 Å². The second-order valence-corrected chi connectivity index (χ2v) is 7.78. The van der Waals surface area contributed by atoms with Crippen LogP contribution in [0.3, 0.4) is 0 Å². The van der Waals surface area contributed by atoms with Gasteiger partial charge in [-0.25, -0.2) is 5.43 Å². The Hall–Kier alpha value is -4.86. The van der Waals surface area contributed by atoms with Crippen LogP contribution < -0.4 is 30.3 Å². The second kappa shape index (κ2) is 13.3. The predicted molar refractivity (Wildman–Crippen MR) is 139 cm³/mol. The first-order valence-electron chi connectivity index (χ1n) is 11.3. The van der Waals surface area contributed by atoms with Gasteiger partial charge in [0, 0.05) is 11.8 Å². The second-order valence-electron chi connectivity index (χ2n) is 7.78. The minimum absolute atomic E-state index is 0.242. The number of nitrogens with zero attached hydrogens (tertiary/aromatic N) is 1. The first kappa shape index (κ1) is 26.7. The standard InChI is InChI=1S/C27H28N4O6/c1-18(20-8-5-4-6-9-20)29-26(33)27(34)31-28-16-19-12-13-23(24(14-19)36-3)37-17-25(32)30-21-10-7-11-22(15-21)35-2/h4-16,18H,17H2,1-3H3,(H,29,33)(H,30,32)(H,31,34). The Labute approximate surface area is 214 Å². The summed E-state index contributed by atoms with van der Waals surface area (Å²) in [7, 11) is 3.00. The molecule has 1 unspecified atom stereocenters. The summed E-state index contributed by atoms with van der Waals surface area (Å²) in [6.45, 7) is 1.54. The molecule has 0 saturated carbocycles. The van der Waals surface area contributed by atoms with Gasteiger partial charge in [0.15, 0.2) is 18.1 Å². The Kier molecular flexibility index (Phi) is 9.60. The molecule has 3 aromatic rings. The topological polar surface area (TPSA) is 127 Å². The molecule has 37 heavy (non-hydrogen) atoms. The van der Waals surface area contributed by atoms with Crippen LogP contribution in [0, 0.1) is 0 Å². The molecule has 0 bridgehead atoms. The highest BCUT2D eigenvalue weighted by molar-refractivity contribution is 6.35. The summed E-state index contributed by atoms with van der Waals surface area (Å²) >= 11 is 0. The van der Waals surface area contributed by atoms with Gasteiger partial charge < -0.3 is 24.8 Å². The molecule has 0 fully saturated rings. The van der Waals surface area contributed by atoms with Crippen molar-refractivity contribution in [2.75, 3.05) is 26.1 Å². The van der Waals surface area contributed by atoms with Crippen LogP contribution >= 0.6 is 0 Å². The monoisotopic (exact) mass is 504 g/mol. The van der Waals surface area contributed by atoms with E-state index in [-0.39, 0.29) is 18.6 Å². The van der Waals surface area contributed by atoms with E-state index in [4.69, 9.17) is 14.2 Å². The quantitative estimate of drug-likeness (QED) is 0.221. The van der Waals surface area contributed by atoms with Crippen molar-refractivity contribution in [3.8, 4) is 17.2 Å². The lowest BCUT2D eigenvalue weighted by Gasteiger charge is -2.13. The molecular weight excluding hydrogens is 476 g/mol. The molecule has 10 nitrogen and oxygen atoms in total. The van der Waals surface area contributed by atoms with Crippen LogP contribution in [-0.4, -0.2) is 44.8 Å². The zero-order valence-corrected chi connectivity index (χ0v) is 20.7. The van der Waals surface area contributed by atoms with E-state index in [1.54, 1.807) is 56.5 Å². The number of nitrogens with one attached hydrogen (secondary N) is 3. The Morgan fingerprint density at radius 1 is 0.892 bits per heavy atom. The highest BCUT2D eigenvalue weighted by atomic mass is 16.5. The van der Waals surface area contributed by atoms with Gasteiger partial charge in [0.2, 0.25) is 0 Å². The fourth-order valence-electron chi connectivity index (χ4n) is 3.23. The molecule has 0 saturated heterocycles. The first-order valence-corrected chi connectivity index (χ1v) is 11.3. The largest absolute Gasteiger partial charge is 0.497 e. The fraction of sp³-hybridized carbons (Fsp3) is 0.185. The summed E-state index contributed by atoms with van der Waals surface area (Å²) in [5, 5.41) is 9.17. The van der Waals surface area contributed by atoms with Crippen LogP contribution in [0.15, 0.2) is 77.9 Å². The summed E-state index contributed by atoms with van der Waals surface area (Å²) < 4.78 is 16.1. The van der Waals surface area contributed by atoms with E-state index >= 15 is 0 Å².